The lowest BCUT2D eigenvalue weighted by Crippen LogP contribution is -2.13. The monoisotopic (exact) mass is 209 g/mol. The number of ether oxygens (including phenoxy) is 1. The molecule has 15 heavy (non-hydrogen) atoms. The van der Waals surface area contributed by atoms with Crippen LogP contribution in [0, 0.1) is 5.82 Å². The van der Waals surface area contributed by atoms with Gasteiger partial charge in [-0.2, -0.15) is 0 Å². The van der Waals surface area contributed by atoms with Gasteiger partial charge < -0.3 is 10.1 Å². The van der Waals surface area contributed by atoms with Gasteiger partial charge >= 0.3 is 0 Å². The highest BCUT2D eigenvalue weighted by molar-refractivity contribution is 5.91. The first-order chi connectivity index (χ1) is 7.17. The molecule has 0 heterocycles. The summed E-state index contributed by atoms with van der Waals surface area (Å²) in [5.41, 5.74) is 0.608. The molecule has 4 heteroatoms. The normalized spacial score (nSPS) is 10.3. The fraction of sp³-hybridized carbons (Fsp3) is 0.182. The Balaban J connectivity index is 2.84. The first kappa shape index (κ1) is 11.2. The number of benzene rings is 1. The van der Waals surface area contributed by atoms with Crippen LogP contribution in [-0.4, -0.2) is 20.1 Å². The van der Waals surface area contributed by atoms with Crippen LogP contribution in [0.15, 0.2) is 24.3 Å². The summed E-state index contributed by atoms with van der Waals surface area (Å²) in [5, 5.41) is 2.43. The molecule has 0 aromatic heterocycles. The van der Waals surface area contributed by atoms with Gasteiger partial charge in [-0.25, -0.2) is 4.39 Å². The fourth-order valence-electron chi connectivity index (χ4n) is 1.04. The van der Waals surface area contributed by atoms with Gasteiger partial charge in [-0.05, 0) is 23.8 Å². The molecule has 1 aromatic rings. The molecule has 0 aliphatic heterocycles. The van der Waals surface area contributed by atoms with Gasteiger partial charge in [0.2, 0.25) is 5.91 Å². The van der Waals surface area contributed by atoms with Crippen LogP contribution in [0.1, 0.15) is 5.56 Å². The number of carbonyl (C=O) groups excluding carboxylic acids is 1. The van der Waals surface area contributed by atoms with Gasteiger partial charge in [0.15, 0.2) is 11.6 Å². The standard InChI is InChI=1S/C11H12FNO2/c1-13-11(14)6-4-8-3-5-10(15-2)9(12)7-8/h3-7H,1-2H3,(H,13,14). The van der Waals surface area contributed by atoms with Crippen molar-refractivity contribution in [1.29, 1.82) is 0 Å². The molecule has 0 spiro atoms. The summed E-state index contributed by atoms with van der Waals surface area (Å²) in [4.78, 5) is 10.9. The van der Waals surface area contributed by atoms with Crippen molar-refractivity contribution in [1.82, 2.24) is 5.32 Å². The van der Waals surface area contributed by atoms with Crippen molar-refractivity contribution < 1.29 is 13.9 Å². The third kappa shape index (κ3) is 3.09. The van der Waals surface area contributed by atoms with Gasteiger partial charge in [0, 0.05) is 13.1 Å². The van der Waals surface area contributed by atoms with E-state index in [1.807, 2.05) is 0 Å². The first-order valence-corrected chi connectivity index (χ1v) is 4.40. The number of halogens is 1. The van der Waals surface area contributed by atoms with Gasteiger partial charge in [0.1, 0.15) is 0 Å². The Morgan fingerprint density at radius 3 is 2.80 bits per heavy atom. The van der Waals surface area contributed by atoms with Crippen molar-refractivity contribution in [2.75, 3.05) is 14.2 Å². The Morgan fingerprint density at radius 1 is 1.53 bits per heavy atom. The van der Waals surface area contributed by atoms with Gasteiger partial charge in [0.05, 0.1) is 7.11 Å². The lowest BCUT2D eigenvalue weighted by Gasteiger charge is -2.01. The van der Waals surface area contributed by atoms with Crippen LogP contribution in [0.5, 0.6) is 5.75 Å². The van der Waals surface area contributed by atoms with E-state index in [4.69, 9.17) is 4.74 Å². The number of rotatable bonds is 3. The summed E-state index contributed by atoms with van der Waals surface area (Å²) < 4.78 is 18.0. The van der Waals surface area contributed by atoms with Crippen molar-refractivity contribution in [3.63, 3.8) is 0 Å². The number of hydrogen-bond donors (Lipinski definition) is 1. The second-order valence-electron chi connectivity index (χ2n) is 2.84. The molecule has 1 rings (SSSR count). The minimum Gasteiger partial charge on any atom is -0.494 e. The molecule has 80 valence electrons. The summed E-state index contributed by atoms with van der Waals surface area (Å²) >= 11 is 0. The molecule has 1 N–H and O–H groups in total. The Morgan fingerprint density at radius 2 is 2.27 bits per heavy atom. The molecular formula is C11H12FNO2. The summed E-state index contributed by atoms with van der Waals surface area (Å²) in [6.45, 7) is 0. The van der Waals surface area contributed by atoms with E-state index >= 15 is 0 Å². The average molecular weight is 209 g/mol. The van der Waals surface area contributed by atoms with Gasteiger partial charge in [-0.1, -0.05) is 6.07 Å². The zero-order chi connectivity index (χ0) is 11.3. The van der Waals surface area contributed by atoms with Crippen LogP contribution < -0.4 is 10.1 Å². The average Bonchev–Trinajstić information content (AvgIpc) is 2.26. The SMILES string of the molecule is CNC(=O)C=Cc1ccc(OC)c(F)c1. The van der Waals surface area contributed by atoms with E-state index in [0.717, 1.165) is 0 Å². The number of amides is 1. The maximum atomic E-state index is 13.2. The summed E-state index contributed by atoms with van der Waals surface area (Å²) in [7, 11) is 2.93. The Hall–Kier alpha value is -1.84. The van der Waals surface area contributed by atoms with Crippen molar-refractivity contribution in [3.05, 3.63) is 35.7 Å². The molecule has 0 unspecified atom stereocenters. The predicted molar refractivity (Wildman–Crippen MR) is 56.1 cm³/mol. The minimum atomic E-state index is -0.448. The fourth-order valence-corrected chi connectivity index (χ4v) is 1.04. The molecule has 1 amide bonds. The van der Waals surface area contributed by atoms with E-state index in [0.29, 0.717) is 5.56 Å². The van der Waals surface area contributed by atoms with Crippen LogP contribution in [-0.2, 0) is 4.79 Å². The number of methoxy groups -OCH3 is 1. The van der Waals surface area contributed by atoms with Crippen molar-refractivity contribution in [3.8, 4) is 5.75 Å². The predicted octanol–water partition coefficient (Wildman–Crippen LogP) is 1.59. The van der Waals surface area contributed by atoms with E-state index in [1.165, 1.54) is 38.4 Å². The van der Waals surface area contributed by atoms with Crippen molar-refractivity contribution in [2.45, 2.75) is 0 Å². The number of hydrogen-bond acceptors (Lipinski definition) is 2. The summed E-state index contributed by atoms with van der Waals surface area (Å²) in [6.07, 6.45) is 2.86. The summed E-state index contributed by atoms with van der Waals surface area (Å²) in [5.74, 6) is -0.491. The smallest absolute Gasteiger partial charge is 0.243 e. The zero-order valence-corrected chi connectivity index (χ0v) is 8.58. The molecule has 0 saturated heterocycles. The highest BCUT2D eigenvalue weighted by atomic mass is 19.1. The van der Waals surface area contributed by atoms with Gasteiger partial charge in [-0.3, -0.25) is 4.79 Å². The maximum absolute atomic E-state index is 13.2. The van der Waals surface area contributed by atoms with Crippen molar-refractivity contribution in [2.24, 2.45) is 0 Å². The quantitative estimate of drug-likeness (QED) is 0.768. The van der Waals surface area contributed by atoms with Crippen molar-refractivity contribution >= 4 is 12.0 Å². The Bertz CT molecular complexity index is 388. The van der Waals surface area contributed by atoms with E-state index in [2.05, 4.69) is 5.32 Å². The largest absolute Gasteiger partial charge is 0.494 e. The van der Waals surface area contributed by atoms with E-state index < -0.39 is 5.82 Å². The highest BCUT2D eigenvalue weighted by Gasteiger charge is 2.01. The van der Waals surface area contributed by atoms with E-state index in [-0.39, 0.29) is 11.7 Å². The molecule has 1 aromatic carbocycles. The third-order valence-electron chi connectivity index (χ3n) is 1.85. The first-order valence-electron chi connectivity index (χ1n) is 4.40. The molecule has 0 aliphatic carbocycles. The lowest BCUT2D eigenvalue weighted by molar-refractivity contribution is -0.115. The third-order valence-corrected chi connectivity index (χ3v) is 1.85. The second-order valence-corrected chi connectivity index (χ2v) is 2.84. The number of likely N-dealkylation sites (N-methyl/N-ethyl adjacent to an activating group) is 1. The Kier molecular flexibility index (Phi) is 3.85. The molecule has 0 fully saturated rings. The van der Waals surface area contributed by atoms with Gasteiger partial charge in [-0.15, -0.1) is 0 Å². The lowest BCUT2D eigenvalue weighted by atomic mass is 10.2. The number of carbonyl (C=O) groups is 1. The molecule has 3 nitrogen and oxygen atoms in total. The molecule has 0 aliphatic rings. The molecule has 0 atom stereocenters. The highest BCUT2D eigenvalue weighted by Crippen LogP contribution is 2.18. The molecule has 0 saturated carbocycles. The van der Waals surface area contributed by atoms with E-state index in [9.17, 15) is 9.18 Å². The van der Waals surface area contributed by atoms with Crippen LogP contribution in [0.3, 0.4) is 0 Å². The molecule has 0 bridgehead atoms. The van der Waals surface area contributed by atoms with Crippen LogP contribution in [0.4, 0.5) is 4.39 Å². The number of nitrogens with one attached hydrogen (secondary N) is 1. The topological polar surface area (TPSA) is 38.3 Å². The Labute approximate surface area is 87.6 Å². The van der Waals surface area contributed by atoms with Crippen LogP contribution in [0.2, 0.25) is 0 Å². The van der Waals surface area contributed by atoms with Crippen LogP contribution in [0.25, 0.3) is 6.08 Å². The molecular weight excluding hydrogens is 197 g/mol. The van der Waals surface area contributed by atoms with Crippen LogP contribution >= 0.6 is 0 Å². The minimum absolute atomic E-state index is 0.187. The maximum Gasteiger partial charge on any atom is 0.243 e. The summed E-state index contributed by atoms with van der Waals surface area (Å²) in [6, 6.07) is 4.48. The zero-order valence-electron chi connectivity index (χ0n) is 8.58. The molecule has 0 radical (unpaired) electrons. The van der Waals surface area contributed by atoms with E-state index in [1.54, 1.807) is 6.07 Å². The second kappa shape index (κ2) is 5.14. The van der Waals surface area contributed by atoms with Gasteiger partial charge in [0.25, 0.3) is 0 Å².